The van der Waals surface area contributed by atoms with Crippen LogP contribution in [0.3, 0.4) is 0 Å². The molecule has 1 aromatic carbocycles. The molecule has 0 amide bonds. The summed E-state index contributed by atoms with van der Waals surface area (Å²) >= 11 is 0. The van der Waals surface area contributed by atoms with E-state index in [0.717, 1.165) is 6.42 Å². The van der Waals surface area contributed by atoms with Crippen LogP contribution >= 0.6 is 0 Å². The number of aryl methyl sites for hydroxylation is 1. The van der Waals surface area contributed by atoms with Gasteiger partial charge in [-0.1, -0.05) is 106 Å². The lowest BCUT2D eigenvalue weighted by molar-refractivity contribution is 0.420. The molecule has 0 heterocycles. The molecule has 1 aromatic rings. The zero-order chi connectivity index (χ0) is 19.4. The van der Waals surface area contributed by atoms with Crippen molar-refractivity contribution < 1.29 is 4.74 Å². The number of hydrogen-bond acceptors (Lipinski definition) is 1. The van der Waals surface area contributed by atoms with E-state index in [0.29, 0.717) is 0 Å². The van der Waals surface area contributed by atoms with Crippen molar-refractivity contribution in [2.45, 2.75) is 78.2 Å². The lowest BCUT2D eigenvalue weighted by Crippen LogP contribution is -2.54. The molecule has 2 rings (SSSR count). The van der Waals surface area contributed by atoms with Crippen molar-refractivity contribution in [1.29, 1.82) is 0 Å². The summed E-state index contributed by atoms with van der Waals surface area (Å²) in [6.07, 6.45) is 8.13. The first-order valence-electron chi connectivity index (χ1n) is 10.5. The van der Waals surface area contributed by atoms with Crippen molar-refractivity contribution in [1.82, 2.24) is 0 Å². The SMILES string of the molecule is CC[Si](CC)(CC)c1cc(C)cc([Si](CC)(CC)C2=CC=CC2)c1OC. The summed E-state index contributed by atoms with van der Waals surface area (Å²) in [4.78, 5) is 0. The fourth-order valence-corrected chi connectivity index (χ4v) is 13.8. The highest BCUT2D eigenvalue weighted by atomic mass is 28.3. The zero-order valence-corrected chi connectivity index (χ0v) is 20.0. The Hall–Kier alpha value is -1.07. The molecule has 26 heavy (non-hydrogen) atoms. The molecular formula is C23H38OSi2. The van der Waals surface area contributed by atoms with Gasteiger partial charge >= 0.3 is 0 Å². The molecule has 0 aromatic heterocycles. The number of rotatable bonds is 9. The third kappa shape index (κ3) is 3.40. The quantitative estimate of drug-likeness (QED) is 0.484. The Balaban J connectivity index is 2.80. The van der Waals surface area contributed by atoms with Gasteiger partial charge < -0.3 is 4.74 Å². The van der Waals surface area contributed by atoms with Gasteiger partial charge in [0.05, 0.1) is 15.2 Å². The molecule has 144 valence electrons. The van der Waals surface area contributed by atoms with Gasteiger partial charge in [0, 0.05) is 0 Å². The van der Waals surface area contributed by atoms with Crippen molar-refractivity contribution in [2.24, 2.45) is 0 Å². The second kappa shape index (κ2) is 8.75. The monoisotopic (exact) mass is 386 g/mol. The third-order valence-electron chi connectivity index (χ3n) is 7.15. The van der Waals surface area contributed by atoms with Crippen molar-refractivity contribution in [3.8, 4) is 5.75 Å². The number of ether oxygens (including phenoxy) is 1. The number of hydrogen-bond donors (Lipinski definition) is 0. The van der Waals surface area contributed by atoms with Crippen molar-refractivity contribution >= 4 is 26.5 Å². The van der Waals surface area contributed by atoms with Crippen molar-refractivity contribution in [3.05, 3.63) is 41.1 Å². The van der Waals surface area contributed by atoms with Gasteiger partial charge in [-0.2, -0.15) is 0 Å². The van der Waals surface area contributed by atoms with Crippen LogP contribution in [0.15, 0.2) is 35.6 Å². The second-order valence-corrected chi connectivity index (χ2v) is 17.8. The van der Waals surface area contributed by atoms with E-state index >= 15 is 0 Å². The van der Waals surface area contributed by atoms with Crippen LogP contribution in [-0.2, 0) is 0 Å². The summed E-state index contributed by atoms with van der Waals surface area (Å²) in [5, 5.41) is 4.85. The Labute approximate surface area is 163 Å². The third-order valence-corrected chi connectivity index (χ3v) is 18.1. The normalized spacial score (nSPS) is 14.7. The molecule has 0 fully saturated rings. The van der Waals surface area contributed by atoms with Crippen LogP contribution in [0.1, 0.15) is 46.6 Å². The molecule has 0 radical (unpaired) electrons. The Kier molecular flexibility index (Phi) is 7.15. The number of methoxy groups -OCH3 is 1. The fraction of sp³-hybridized carbons (Fsp3) is 0.565. The Morgan fingerprint density at radius 2 is 1.46 bits per heavy atom. The van der Waals surface area contributed by atoms with E-state index in [9.17, 15) is 0 Å². The molecule has 0 N–H and O–H groups in total. The molecule has 0 atom stereocenters. The predicted molar refractivity (Wildman–Crippen MR) is 123 cm³/mol. The van der Waals surface area contributed by atoms with Crippen LogP contribution in [0.4, 0.5) is 0 Å². The highest BCUT2D eigenvalue weighted by Gasteiger charge is 2.41. The van der Waals surface area contributed by atoms with E-state index in [1.165, 1.54) is 41.5 Å². The zero-order valence-electron chi connectivity index (χ0n) is 18.0. The number of benzene rings is 1. The van der Waals surface area contributed by atoms with Gasteiger partial charge in [0.2, 0.25) is 0 Å². The van der Waals surface area contributed by atoms with Gasteiger partial charge in [0.15, 0.2) is 0 Å². The highest BCUT2D eigenvalue weighted by Crippen LogP contribution is 2.34. The molecule has 0 saturated heterocycles. The van der Waals surface area contributed by atoms with Crippen LogP contribution in [0.25, 0.3) is 0 Å². The average molecular weight is 387 g/mol. The standard InChI is InChI=1S/C23H38OSi2/c1-8-25(9-2,10-3)21-17-19(6)18-22(23(21)24-7)26(11-4,12-5)20-15-13-14-16-20/h13-15,17-18H,8-12,16H2,1-7H3. The second-order valence-electron chi connectivity index (χ2n) is 7.85. The molecule has 0 bridgehead atoms. The van der Waals surface area contributed by atoms with Gasteiger partial charge in [-0.05, 0) is 23.7 Å². The first-order valence-corrected chi connectivity index (χ1v) is 15.6. The van der Waals surface area contributed by atoms with Crippen LogP contribution in [0.2, 0.25) is 30.2 Å². The molecule has 0 aliphatic heterocycles. The van der Waals surface area contributed by atoms with E-state index in [4.69, 9.17) is 4.74 Å². The van der Waals surface area contributed by atoms with Crippen molar-refractivity contribution in [3.63, 3.8) is 0 Å². The largest absolute Gasteiger partial charge is 0.497 e. The van der Waals surface area contributed by atoms with Gasteiger partial charge in [-0.25, -0.2) is 0 Å². The highest BCUT2D eigenvalue weighted by molar-refractivity contribution is 6.99. The fourth-order valence-electron chi connectivity index (χ4n) is 5.12. The molecule has 1 nitrogen and oxygen atoms in total. The average Bonchev–Trinajstić information content (AvgIpc) is 3.20. The van der Waals surface area contributed by atoms with Gasteiger partial charge in [-0.15, -0.1) is 0 Å². The lowest BCUT2D eigenvalue weighted by atomic mass is 10.2. The first kappa shape index (κ1) is 21.2. The summed E-state index contributed by atoms with van der Waals surface area (Å²) < 4.78 is 6.23. The summed E-state index contributed by atoms with van der Waals surface area (Å²) in [5.74, 6) is 1.26. The van der Waals surface area contributed by atoms with Crippen LogP contribution < -0.4 is 15.1 Å². The maximum atomic E-state index is 6.23. The molecule has 1 aliphatic carbocycles. The van der Waals surface area contributed by atoms with Crippen molar-refractivity contribution in [2.75, 3.05) is 7.11 Å². The number of allylic oxidation sites excluding steroid dienone is 4. The molecule has 0 spiro atoms. The molecule has 3 heteroatoms. The minimum Gasteiger partial charge on any atom is -0.497 e. The minimum atomic E-state index is -1.74. The van der Waals surface area contributed by atoms with Gasteiger partial charge in [0.1, 0.15) is 13.8 Å². The van der Waals surface area contributed by atoms with Crippen LogP contribution in [0.5, 0.6) is 5.75 Å². The van der Waals surface area contributed by atoms with Gasteiger partial charge in [0.25, 0.3) is 0 Å². The van der Waals surface area contributed by atoms with E-state index < -0.39 is 16.1 Å². The minimum absolute atomic E-state index is 1.14. The van der Waals surface area contributed by atoms with Crippen LogP contribution in [-0.4, -0.2) is 23.3 Å². The smallest absolute Gasteiger partial charge is 0.118 e. The lowest BCUT2D eigenvalue weighted by Gasteiger charge is -2.37. The topological polar surface area (TPSA) is 9.23 Å². The summed E-state index contributed by atoms with van der Waals surface area (Å²) in [6.45, 7) is 14.3. The molecule has 0 saturated carbocycles. The van der Waals surface area contributed by atoms with E-state index in [-0.39, 0.29) is 0 Å². The van der Waals surface area contributed by atoms with E-state index in [1.807, 2.05) is 7.11 Å². The van der Waals surface area contributed by atoms with E-state index in [1.54, 1.807) is 15.6 Å². The Morgan fingerprint density at radius 1 is 0.885 bits per heavy atom. The van der Waals surface area contributed by atoms with Crippen LogP contribution in [0, 0.1) is 6.92 Å². The summed E-state index contributed by atoms with van der Waals surface area (Å²) in [7, 11) is -1.33. The Morgan fingerprint density at radius 3 is 1.88 bits per heavy atom. The predicted octanol–water partition coefficient (Wildman–Crippen LogP) is 5.84. The maximum absolute atomic E-state index is 6.23. The molecular weight excluding hydrogens is 348 g/mol. The molecule has 1 aliphatic rings. The van der Waals surface area contributed by atoms with Gasteiger partial charge in [-0.3, -0.25) is 0 Å². The molecule has 0 unspecified atom stereocenters. The maximum Gasteiger partial charge on any atom is 0.118 e. The Bertz CT molecular complexity index is 671. The first-order chi connectivity index (χ1) is 12.5. The summed E-state index contributed by atoms with van der Waals surface area (Å²) in [5.41, 5.74) is 1.42. The van der Waals surface area contributed by atoms with E-state index in [2.05, 4.69) is 71.9 Å². The summed E-state index contributed by atoms with van der Waals surface area (Å²) in [6, 6.07) is 11.4.